The van der Waals surface area contributed by atoms with Gasteiger partial charge in [0.2, 0.25) is 5.91 Å². The van der Waals surface area contributed by atoms with Gasteiger partial charge in [0.15, 0.2) is 6.19 Å². The van der Waals surface area contributed by atoms with Crippen LogP contribution in [-0.2, 0) is 4.79 Å². The Kier molecular flexibility index (Phi) is 3.91. The summed E-state index contributed by atoms with van der Waals surface area (Å²) in [5, 5.41) is 11.9. The first-order chi connectivity index (χ1) is 10.2. The van der Waals surface area contributed by atoms with Crippen molar-refractivity contribution in [1.82, 2.24) is 15.2 Å². The van der Waals surface area contributed by atoms with Gasteiger partial charge in [0.25, 0.3) is 0 Å². The van der Waals surface area contributed by atoms with Crippen LogP contribution in [0.25, 0.3) is 0 Å². The molecule has 110 valence electrons. The summed E-state index contributed by atoms with van der Waals surface area (Å²) in [6.07, 6.45) is 5.38. The lowest BCUT2D eigenvalue weighted by Crippen LogP contribution is -2.59. The van der Waals surface area contributed by atoms with Crippen molar-refractivity contribution in [2.24, 2.45) is 5.92 Å². The van der Waals surface area contributed by atoms with Crippen molar-refractivity contribution in [3.05, 3.63) is 24.4 Å². The summed E-state index contributed by atoms with van der Waals surface area (Å²) in [5.74, 6) is 1.38. The van der Waals surface area contributed by atoms with Gasteiger partial charge in [0.1, 0.15) is 5.82 Å². The Labute approximate surface area is 124 Å². The number of pyridine rings is 1. The predicted molar refractivity (Wildman–Crippen MR) is 78.3 cm³/mol. The van der Waals surface area contributed by atoms with Crippen molar-refractivity contribution >= 4 is 11.7 Å². The van der Waals surface area contributed by atoms with Gasteiger partial charge in [-0.2, -0.15) is 5.26 Å². The molecule has 0 radical (unpaired) electrons. The topological polar surface area (TPSA) is 72.3 Å². The number of carbonyl (C=O) groups excluding carboxylic acids is 1. The van der Waals surface area contributed by atoms with Crippen LogP contribution in [0.4, 0.5) is 5.82 Å². The van der Waals surface area contributed by atoms with Crippen LogP contribution in [-0.4, -0.2) is 48.0 Å². The van der Waals surface area contributed by atoms with Gasteiger partial charge in [-0.05, 0) is 24.5 Å². The van der Waals surface area contributed by atoms with Crippen LogP contribution in [0.5, 0.6) is 0 Å². The van der Waals surface area contributed by atoms with E-state index in [-0.39, 0.29) is 11.9 Å². The summed E-state index contributed by atoms with van der Waals surface area (Å²) >= 11 is 0. The lowest BCUT2D eigenvalue weighted by molar-refractivity contribution is -0.122. The molecule has 0 aliphatic carbocycles. The van der Waals surface area contributed by atoms with Crippen LogP contribution in [0.2, 0.25) is 0 Å². The molecule has 1 aromatic rings. The zero-order valence-corrected chi connectivity index (χ0v) is 11.9. The molecule has 2 fully saturated rings. The van der Waals surface area contributed by atoms with Crippen LogP contribution < -0.4 is 10.2 Å². The number of rotatable bonds is 4. The molecule has 6 nitrogen and oxygen atoms in total. The molecule has 1 N–H and O–H groups in total. The number of anilines is 1. The fraction of sp³-hybridized carbons (Fsp3) is 0.533. The maximum atomic E-state index is 12.0. The quantitative estimate of drug-likeness (QED) is 0.819. The average Bonchev–Trinajstić information content (AvgIpc) is 2.91. The van der Waals surface area contributed by atoms with Crippen LogP contribution in [0.3, 0.4) is 0 Å². The standard InChI is InChI=1S/C15H19N5O/c16-11-19-6-4-12(8-19)7-15(21)18-13-9-20(10-13)14-3-1-2-5-17-14/h1-3,5,12-13H,4,6-10H2,(H,18,21). The van der Waals surface area contributed by atoms with Crippen LogP contribution in [0.1, 0.15) is 12.8 Å². The van der Waals surface area contributed by atoms with Crippen molar-refractivity contribution in [2.45, 2.75) is 18.9 Å². The first kappa shape index (κ1) is 13.7. The Bertz CT molecular complexity index is 535. The minimum Gasteiger partial charge on any atom is -0.352 e. The third kappa shape index (κ3) is 3.24. The molecule has 0 spiro atoms. The average molecular weight is 285 g/mol. The van der Waals surface area contributed by atoms with E-state index in [1.165, 1.54) is 0 Å². The Morgan fingerprint density at radius 2 is 2.29 bits per heavy atom. The Morgan fingerprint density at radius 1 is 1.43 bits per heavy atom. The second-order valence-corrected chi connectivity index (χ2v) is 5.76. The fourth-order valence-electron chi connectivity index (χ4n) is 2.94. The fourth-order valence-corrected chi connectivity index (χ4v) is 2.94. The second-order valence-electron chi connectivity index (χ2n) is 5.76. The van der Waals surface area contributed by atoms with E-state index in [2.05, 4.69) is 21.4 Å². The van der Waals surface area contributed by atoms with Crippen molar-refractivity contribution in [3.63, 3.8) is 0 Å². The lowest BCUT2D eigenvalue weighted by atomic mass is 10.0. The Balaban J connectivity index is 1.39. The molecular weight excluding hydrogens is 266 g/mol. The molecule has 3 rings (SSSR count). The molecule has 1 aromatic heterocycles. The summed E-state index contributed by atoms with van der Waals surface area (Å²) in [6.45, 7) is 3.13. The number of hydrogen-bond donors (Lipinski definition) is 1. The maximum Gasteiger partial charge on any atom is 0.220 e. The zero-order chi connectivity index (χ0) is 14.7. The Morgan fingerprint density at radius 3 is 2.95 bits per heavy atom. The van der Waals surface area contributed by atoms with Gasteiger partial charge in [0, 0.05) is 38.8 Å². The van der Waals surface area contributed by atoms with E-state index >= 15 is 0 Å². The molecule has 2 aliphatic heterocycles. The summed E-state index contributed by atoms with van der Waals surface area (Å²) in [4.78, 5) is 20.2. The monoisotopic (exact) mass is 285 g/mol. The van der Waals surface area contributed by atoms with E-state index in [9.17, 15) is 4.79 Å². The van der Waals surface area contributed by atoms with Crippen molar-refractivity contribution in [1.29, 1.82) is 5.26 Å². The van der Waals surface area contributed by atoms with Gasteiger partial charge >= 0.3 is 0 Å². The summed E-state index contributed by atoms with van der Waals surface area (Å²) in [7, 11) is 0. The molecule has 2 saturated heterocycles. The molecule has 0 saturated carbocycles. The minimum atomic E-state index is 0.102. The molecule has 2 aliphatic rings. The van der Waals surface area contributed by atoms with Gasteiger partial charge in [-0.25, -0.2) is 4.98 Å². The maximum absolute atomic E-state index is 12.0. The minimum absolute atomic E-state index is 0.102. The number of nitrogens with zero attached hydrogens (tertiary/aromatic N) is 4. The first-order valence-electron chi connectivity index (χ1n) is 7.34. The molecule has 1 atom stereocenters. The molecule has 6 heteroatoms. The van der Waals surface area contributed by atoms with Gasteiger partial charge in [-0.1, -0.05) is 6.07 Å². The number of carbonyl (C=O) groups is 1. The van der Waals surface area contributed by atoms with Crippen molar-refractivity contribution in [2.75, 3.05) is 31.1 Å². The van der Waals surface area contributed by atoms with E-state index in [1.807, 2.05) is 18.2 Å². The molecule has 0 aromatic carbocycles. The van der Waals surface area contributed by atoms with E-state index in [0.717, 1.165) is 31.9 Å². The molecule has 1 unspecified atom stereocenters. The number of nitriles is 1. The van der Waals surface area contributed by atoms with Gasteiger partial charge in [-0.3, -0.25) is 4.79 Å². The van der Waals surface area contributed by atoms with Crippen molar-refractivity contribution < 1.29 is 4.79 Å². The summed E-state index contributed by atoms with van der Waals surface area (Å²) in [6, 6.07) is 6.06. The lowest BCUT2D eigenvalue weighted by Gasteiger charge is -2.40. The highest BCUT2D eigenvalue weighted by Crippen LogP contribution is 2.20. The Hall–Kier alpha value is -2.29. The number of hydrogen-bond acceptors (Lipinski definition) is 5. The second kappa shape index (κ2) is 6.00. The van der Waals surface area contributed by atoms with E-state index in [1.54, 1.807) is 11.1 Å². The van der Waals surface area contributed by atoms with Crippen molar-refractivity contribution in [3.8, 4) is 6.19 Å². The smallest absolute Gasteiger partial charge is 0.220 e. The number of aromatic nitrogens is 1. The number of amides is 1. The predicted octanol–water partition coefficient (Wildman–Crippen LogP) is 0.579. The van der Waals surface area contributed by atoms with Crippen LogP contribution in [0.15, 0.2) is 24.4 Å². The number of nitrogens with one attached hydrogen (secondary N) is 1. The van der Waals surface area contributed by atoms with Crippen LogP contribution in [0, 0.1) is 17.4 Å². The molecule has 3 heterocycles. The summed E-state index contributed by atoms with van der Waals surface area (Å²) < 4.78 is 0. The van der Waals surface area contributed by atoms with E-state index in [4.69, 9.17) is 5.26 Å². The number of likely N-dealkylation sites (tertiary alicyclic amines) is 1. The SMILES string of the molecule is N#CN1CCC(CC(=O)NC2CN(c3ccccn3)C2)C1. The van der Waals surface area contributed by atoms with Gasteiger partial charge in [-0.15, -0.1) is 0 Å². The molecule has 0 bridgehead atoms. The summed E-state index contributed by atoms with van der Waals surface area (Å²) in [5.41, 5.74) is 0. The highest BCUT2D eigenvalue weighted by Gasteiger charge is 2.30. The van der Waals surface area contributed by atoms with Gasteiger partial charge < -0.3 is 15.1 Å². The highest BCUT2D eigenvalue weighted by molar-refractivity contribution is 5.77. The highest BCUT2D eigenvalue weighted by atomic mass is 16.1. The molecular formula is C15H19N5O. The first-order valence-corrected chi connectivity index (χ1v) is 7.34. The molecule has 21 heavy (non-hydrogen) atoms. The van der Waals surface area contributed by atoms with Crippen LogP contribution >= 0.6 is 0 Å². The normalized spacial score (nSPS) is 21.8. The van der Waals surface area contributed by atoms with E-state index in [0.29, 0.717) is 18.9 Å². The largest absolute Gasteiger partial charge is 0.352 e. The molecule has 1 amide bonds. The van der Waals surface area contributed by atoms with E-state index < -0.39 is 0 Å². The third-order valence-electron chi connectivity index (χ3n) is 4.12. The van der Waals surface area contributed by atoms with Gasteiger partial charge in [0.05, 0.1) is 6.04 Å². The zero-order valence-electron chi connectivity index (χ0n) is 11.9. The third-order valence-corrected chi connectivity index (χ3v) is 4.12.